The standard InChI is InChI=1S/C8H12NO/c1-2-6-9-7-4-3-5-8(9)10/h2,5H,1,3-4,6-7H2. The molecule has 1 aliphatic heterocycles. The van der Waals surface area contributed by atoms with Crippen LogP contribution < -0.4 is 0 Å². The summed E-state index contributed by atoms with van der Waals surface area (Å²) in [6.07, 6.45) is 5.54. The molecule has 1 amide bonds. The van der Waals surface area contributed by atoms with Crippen LogP contribution >= 0.6 is 0 Å². The third-order valence-corrected chi connectivity index (χ3v) is 1.61. The van der Waals surface area contributed by atoms with Gasteiger partial charge in [0.15, 0.2) is 0 Å². The van der Waals surface area contributed by atoms with Gasteiger partial charge < -0.3 is 4.90 Å². The van der Waals surface area contributed by atoms with E-state index in [1.165, 1.54) is 0 Å². The van der Waals surface area contributed by atoms with E-state index in [9.17, 15) is 4.79 Å². The van der Waals surface area contributed by atoms with Gasteiger partial charge in [-0.05, 0) is 12.8 Å². The Kier molecular flexibility index (Phi) is 2.49. The highest BCUT2D eigenvalue weighted by atomic mass is 16.2. The van der Waals surface area contributed by atoms with Crippen LogP contribution in [0.5, 0.6) is 0 Å². The van der Waals surface area contributed by atoms with Crippen LogP contribution in [0.1, 0.15) is 12.8 Å². The number of rotatable bonds is 2. The number of hydrogen-bond acceptors (Lipinski definition) is 1. The Bertz CT molecular complexity index is 142. The lowest BCUT2D eigenvalue weighted by atomic mass is 10.1. The molecule has 1 aliphatic rings. The molecule has 0 saturated carbocycles. The van der Waals surface area contributed by atoms with Crippen LogP contribution in [0.15, 0.2) is 12.7 Å². The van der Waals surface area contributed by atoms with Crippen molar-refractivity contribution >= 4 is 5.91 Å². The van der Waals surface area contributed by atoms with E-state index >= 15 is 0 Å². The Labute approximate surface area is 61.5 Å². The Morgan fingerprint density at radius 3 is 3.20 bits per heavy atom. The summed E-state index contributed by atoms with van der Waals surface area (Å²) in [5.74, 6) is 0.158. The average molecular weight is 138 g/mol. The first-order chi connectivity index (χ1) is 4.84. The first-order valence-corrected chi connectivity index (χ1v) is 3.57. The van der Waals surface area contributed by atoms with Crippen molar-refractivity contribution in [3.8, 4) is 0 Å². The summed E-state index contributed by atoms with van der Waals surface area (Å²) < 4.78 is 0. The molecule has 1 saturated heterocycles. The molecular weight excluding hydrogens is 126 g/mol. The van der Waals surface area contributed by atoms with Crippen LogP contribution in [0.2, 0.25) is 0 Å². The molecule has 1 rings (SSSR count). The van der Waals surface area contributed by atoms with Crippen molar-refractivity contribution in [2.75, 3.05) is 13.1 Å². The lowest BCUT2D eigenvalue weighted by Crippen LogP contribution is -2.35. The zero-order valence-electron chi connectivity index (χ0n) is 6.05. The van der Waals surface area contributed by atoms with Crippen LogP contribution in [-0.2, 0) is 4.79 Å². The van der Waals surface area contributed by atoms with E-state index in [0.717, 1.165) is 19.4 Å². The van der Waals surface area contributed by atoms with Crippen molar-refractivity contribution in [3.63, 3.8) is 0 Å². The minimum atomic E-state index is 0.158. The molecule has 0 aliphatic carbocycles. The fourth-order valence-electron chi connectivity index (χ4n) is 1.08. The fourth-order valence-corrected chi connectivity index (χ4v) is 1.08. The van der Waals surface area contributed by atoms with Crippen LogP contribution in [0.25, 0.3) is 0 Å². The molecule has 0 aromatic heterocycles. The molecule has 0 unspecified atom stereocenters. The van der Waals surface area contributed by atoms with Gasteiger partial charge in [-0.3, -0.25) is 4.79 Å². The van der Waals surface area contributed by atoms with Gasteiger partial charge in [0.25, 0.3) is 0 Å². The Hall–Kier alpha value is -0.790. The summed E-state index contributed by atoms with van der Waals surface area (Å²) in [5, 5.41) is 0. The predicted octanol–water partition coefficient (Wildman–Crippen LogP) is 0.999. The first-order valence-electron chi connectivity index (χ1n) is 3.57. The molecule has 0 spiro atoms. The van der Waals surface area contributed by atoms with Gasteiger partial charge >= 0.3 is 0 Å². The minimum absolute atomic E-state index is 0.158. The zero-order valence-corrected chi connectivity index (χ0v) is 6.05. The molecule has 1 radical (unpaired) electrons. The van der Waals surface area contributed by atoms with Gasteiger partial charge in [0.2, 0.25) is 5.91 Å². The van der Waals surface area contributed by atoms with Gasteiger partial charge in [-0.1, -0.05) is 6.08 Å². The van der Waals surface area contributed by atoms with Crippen molar-refractivity contribution in [1.29, 1.82) is 0 Å². The van der Waals surface area contributed by atoms with Gasteiger partial charge in [0.1, 0.15) is 0 Å². The van der Waals surface area contributed by atoms with Gasteiger partial charge in [-0.2, -0.15) is 0 Å². The zero-order chi connectivity index (χ0) is 7.40. The summed E-state index contributed by atoms with van der Waals surface area (Å²) in [6, 6.07) is 0. The Morgan fingerprint density at radius 2 is 2.60 bits per heavy atom. The summed E-state index contributed by atoms with van der Waals surface area (Å²) in [7, 11) is 0. The van der Waals surface area contributed by atoms with Gasteiger partial charge in [-0.25, -0.2) is 0 Å². The average Bonchev–Trinajstić information content (AvgIpc) is 1.94. The lowest BCUT2D eigenvalue weighted by Gasteiger charge is -2.24. The maximum Gasteiger partial charge on any atom is 0.226 e. The number of carbonyl (C=O) groups excluding carboxylic acids is 1. The molecule has 0 atom stereocenters. The van der Waals surface area contributed by atoms with Crippen LogP contribution in [0.3, 0.4) is 0 Å². The summed E-state index contributed by atoms with van der Waals surface area (Å²) in [4.78, 5) is 12.8. The highest BCUT2D eigenvalue weighted by molar-refractivity contribution is 5.85. The van der Waals surface area contributed by atoms with Crippen LogP contribution in [-0.4, -0.2) is 23.9 Å². The fraction of sp³-hybridized carbons (Fsp3) is 0.500. The second-order valence-electron chi connectivity index (χ2n) is 2.42. The Morgan fingerprint density at radius 1 is 1.80 bits per heavy atom. The third kappa shape index (κ3) is 1.59. The van der Waals surface area contributed by atoms with E-state index in [4.69, 9.17) is 0 Å². The highest BCUT2D eigenvalue weighted by Gasteiger charge is 2.15. The second kappa shape index (κ2) is 3.40. The van der Waals surface area contributed by atoms with Crippen LogP contribution in [0, 0.1) is 6.42 Å². The normalized spacial score (nSPS) is 19.2. The van der Waals surface area contributed by atoms with Crippen molar-refractivity contribution in [2.45, 2.75) is 12.8 Å². The van der Waals surface area contributed by atoms with E-state index < -0.39 is 0 Å². The minimum Gasteiger partial charge on any atom is -0.339 e. The lowest BCUT2D eigenvalue weighted by molar-refractivity contribution is -0.128. The molecule has 1 heterocycles. The van der Waals surface area contributed by atoms with Crippen molar-refractivity contribution in [1.82, 2.24) is 4.90 Å². The van der Waals surface area contributed by atoms with E-state index in [-0.39, 0.29) is 5.91 Å². The SMILES string of the molecule is C=CCN1CCC[CH]C1=O. The maximum atomic E-state index is 11.0. The van der Waals surface area contributed by atoms with E-state index in [2.05, 4.69) is 6.58 Å². The largest absolute Gasteiger partial charge is 0.339 e. The molecule has 1 fully saturated rings. The number of carbonyl (C=O) groups is 1. The number of amides is 1. The monoisotopic (exact) mass is 138 g/mol. The molecule has 55 valence electrons. The molecule has 2 heteroatoms. The van der Waals surface area contributed by atoms with Crippen molar-refractivity contribution in [3.05, 3.63) is 19.1 Å². The molecule has 0 aromatic carbocycles. The topological polar surface area (TPSA) is 20.3 Å². The third-order valence-electron chi connectivity index (χ3n) is 1.61. The number of piperidine rings is 1. The second-order valence-corrected chi connectivity index (χ2v) is 2.42. The van der Waals surface area contributed by atoms with Gasteiger partial charge in [-0.15, -0.1) is 6.58 Å². The maximum absolute atomic E-state index is 11.0. The van der Waals surface area contributed by atoms with Crippen molar-refractivity contribution < 1.29 is 4.79 Å². The Balaban J connectivity index is 2.39. The van der Waals surface area contributed by atoms with Gasteiger partial charge in [0.05, 0.1) is 0 Å². The van der Waals surface area contributed by atoms with E-state index in [0.29, 0.717) is 6.54 Å². The highest BCUT2D eigenvalue weighted by Crippen LogP contribution is 2.08. The van der Waals surface area contributed by atoms with Crippen LogP contribution in [0.4, 0.5) is 0 Å². The van der Waals surface area contributed by atoms with E-state index in [1.807, 2.05) is 0 Å². The summed E-state index contributed by atoms with van der Waals surface area (Å²) in [6.45, 7) is 5.16. The molecular formula is C8H12NO. The van der Waals surface area contributed by atoms with E-state index in [1.54, 1.807) is 17.4 Å². The smallest absolute Gasteiger partial charge is 0.226 e. The molecule has 0 N–H and O–H groups in total. The molecule has 0 bridgehead atoms. The first kappa shape index (κ1) is 7.32. The number of hydrogen-bond donors (Lipinski definition) is 0. The summed E-state index contributed by atoms with van der Waals surface area (Å²) in [5.41, 5.74) is 0. The predicted molar refractivity (Wildman–Crippen MR) is 40.3 cm³/mol. The quantitative estimate of drug-likeness (QED) is 0.521. The molecule has 10 heavy (non-hydrogen) atoms. The van der Waals surface area contributed by atoms with Gasteiger partial charge in [0, 0.05) is 19.5 Å². The molecule has 0 aromatic rings. The number of likely N-dealkylation sites (tertiary alicyclic amines) is 1. The number of nitrogens with zero attached hydrogens (tertiary/aromatic N) is 1. The molecule has 2 nitrogen and oxygen atoms in total. The summed E-state index contributed by atoms with van der Waals surface area (Å²) >= 11 is 0. The van der Waals surface area contributed by atoms with Crippen molar-refractivity contribution in [2.24, 2.45) is 0 Å².